The smallest absolute Gasteiger partial charge is 0.373 e. The van der Waals surface area contributed by atoms with Gasteiger partial charge in [0.25, 0.3) is 11.8 Å². The van der Waals surface area contributed by atoms with Crippen molar-refractivity contribution in [1.82, 2.24) is 5.06 Å². The zero-order chi connectivity index (χ0) is 18.8. The summed E-state index contributed by atoms with van der Waals surface area (Å²) in [6, 6.07) is 0. The SMILES string of the molecule is CC#C[C@H](C)/C(C)=C\CO/C(C)=N\OCC(=O)ON1C(=O)CCC1=O. The van der Waals surface area contributed by atoms with Gasteiger partial charge in [-0.3, -0.25) is 9.59 Å². The first kappa shape index (κ1) is 20.2. The number of nitrogens with zero attached hydrogens (tertiary/aromatic N) is 2. The number of hydroxylamine groups is 2. The number of rotatable bonds is 7. The van der Waals surface area contributed by atoms with Crippen LogP contribution >= 0.6 is 0 Å². The van der Waals surface area contributed by atoms with Crippen LogP contribution in [0.15, 0.2) is 16.8 Å². The Morgan fingerprint density at radius 1 is 1.32 bits per heavy atom. The molecule has 0 N–H and O–H groups in total. The lowest BCUT2D eigenvalue weighted by atomic mass is 10.0. The molecular weight excluding hydrogens is 328 g/mol. The van der Waals surface area contributed by atoms with E-state index in [0.29, 0.717) is 11.7 Å². The fraction of sp³-hybridized carbons (Fsp3) is 0.529. The van der Waals surface area contributed by atoms with Crippen LogP contribution in [0.1, 0.15) is 40.5 Å². The van der Waals surface area contributed by atoms with Crippen molar-refractivity contribution in [2.45, 2.75) is 40.5 Å². The van der Waals surface area contributed by atoms with Gasteiger partial charge < -0.3 is 14.4 Å². The van der Waals surface area contributed by atoms with Crippen LogP contribution in [0.2, 0.25) is 0 Å². The molecule has 0 aliphatic carbocycles. The van der Waals surface area contributed by atoms with Crippen LogP contribution in [-0.2, 0) is 28.8 Å². The molecule has 1 heterocycles. The summed E-state index contributed by atoms with van der Waals surface area (Å²) in [5, 5.41) is 4.05. The summed E-state index contributed by atoms with van der Waals surface area (Å²) in [4.78, 5) is 43.5. The Bertz CT molecular complexity index is 625. The minimum Gasteiger partial charge on any atom is -0.475 e. The van der Waals surface area contributed by atoms with E-state index in [1.807, 2.05) is 19.9 Å². The summed E-state index contributed by atoms with van der Waals surface area (Å²) >= 11 is 0. The summed E-state index contributed by atoms with van der Waals surface area (Å²) in [5.74, 6) is 4.25. The van der Waals surface area contributed by atoms with Crippen LogP contribution in [0.4, 0.5) is 0 Å². The zero-order valence-corrected chi connectivity index (χ0v) is 14.8. The molecule has 0 radical (unpaired) electrons. The Morgan fingerprint density at radius 3 is 2.56 bits per heavy atom. The lowest BCUT2D eigenvalue weighted by Gasteiger charge is -2.11. The molecule has 2 amide bonds. The molecule has 0 aromatic carbocycles. The Hall–Kier alpha value is -2.82. The van der Waals surface area contributed by atoms with Crippen LogP contribution < -0.4 is 0 Å². The van der Waals surface area contributed by atoms with Crippen molar-refractivity contribution < 1.29 is 28.8 Å². The van der Waals surface area contributed by atoms with Gasteiger partial charge in [0, 0.05) is 25.7 Å². The van der Waals surface area contributed by atoms with Crippen molar-refractivity contribution in [3.05, 3.63) is 11.6 Å². The van der Waals surface area contributed by atoms with Gasteiger partial charge in [0.05, 0.1) is 0 Å². The number of amides is 2. The minimum absolute atomic E-state index is 0.0352. The van der Waals surface area contributed by atoms with Crippen molar-refractivity contribution in [2.24, 2.45) is 11.1 Å². The van der Waals surface area contributed by atoms with Crippen LogP contribution in [0.25, 0.3) is 0 Å². The predicted octanol–water partition coefficient (Wildman–Crippen LogP) is 1.57. The van der Waals surface area contributed by atoms with Crippen LogP contribution in [0.5, 0.6) is 0 Å². The minimum atomic E-state index is -0.900. The molecule has 1 rings (SSSR count). The number of hydrogen-bond donors (Lipinski definition) is 0. The molecule has 1 fully saturated rings. The molecule has 1 atom stereocenters. The average Bonchev–Trinajstić information content (AvgIpc) is 2.87. The van der Waals surface area contributed by atoms with E-state index in [0.717, 1.165) is 5.57 Å². The summed E-state index contributed by atoms with van der Waals surface area (Å²) in [6.45, 7) is 7.05. The molecule has 1 aliphatic rings. The second-order valence-corrected chi connectivity index (χ2v) is 5.30. The molecule has 25 heavy (non-hydrogen) atoms. The Balaban J connectivity index is 2.32. The average molecular weight is 350 g/mol. The Morgan fingerprint density at radius 2 is 1.96 bits per heavy atom. The van der Waals surface area contributed by atoms with Gasteiger partial charge in [0.2, 0.25) is 12.5 Å². The molecule has 8 heteroatoms. The summed E-state index contributed by atoms with van der Waals surface area (Å²) in [5.41, 5.74) is 1.08. The predicted molar refractivity (Wildman–Crippen MR) is 88.6 cm³/mol. The monoisotopic (exact) mass is 350 g/mol. The molecule has 0 aromatic heterocycles. The van der Waals surface area contributed by atoms with Gasteiger partial charge in [-0.05, 0) is 26.8 Å². The van der Waals surface area contributed by atoms with E-state index in [1.54, 1.807) is 13.8 Å². The fourth-order valence-electron chi connectivity index (χ4n) is 1.79. The first-order valence-electron chi connectivity index (χ1n) is 7.80. The standard InChI is InChI=1S/C17H22N2O6/c1-5-6-12(2)13(3)9-10-23-14(4)18-24-11-17(22)25-19-15(20)7-8-16(19)21/h9,12H,7-8,10-11H2,1-4H3/b13-9-,18-14-/t12-/m0/s1. The number of imide groups is 1. The molecular formula is C17H22N2O6. The van der Waals surface area contributed by atoms with Gasteiger partial charge in [0.15, 0.2) is 0 Å². The van der Waals surface area contributed by atoms with Gasteiger partial charge in [-0.1, -0.05) is 16.6 Å². The number of carbonyl (C=O) groups excluding carboxylic acids is 3. The third kappa shape index (κ3) is 7.08. The van der Waals surface area contributed by atoms with Crippen molar-refractivity contribution in [2.75, 3.05) is 13.2 Å². The number of oxime groups is 1. The van der Waals surface area contributed by atoms with Gasteiger partial charge in [0.1, 0.15) is 6.61 Å². The molecule has 136 valence electrons. The first-order valence-corrected chi connectivity index (χ1v) is 7.80. The molecule has 0 bridgehead atoms. The van der Waals surface area contributed by atoms with Crippen molar-refractivity contribution in [3.63, 3.8) is 0 Å². The molecule has 0 unspecified atom stereocenters. The summed E-state index contributed by atoms with van der Waals surface area (Å²) in [6.07, 6.45) is 1.95. The highest BCUT2D eigenvalue weighted by Crippen LogP contribution is 2.12. The highest BCUT2D eigenvalue weighted by molar-refractivity contribution is 6.01. The van der Waals surface area contributed by atoms with Crippen LogP contribution in [0.3, 0.4) is 0 Å². The number of allylic oxidation sites excluding steroid dienone is 1. The maximum Gasteiger partial charge on any atom is 0.373 e. The number of hydrogen-bond acceptors (Lipinski definition) is 7. The topological polar surface area (TPSA) is 94.5 Å². The molecule has 0 spiro atoms. The third-order valence-electron chi connectivity index (χ3n) is 3.32. The quantitative estimate of drug-likeness (QED) is 0.173. The van der Waals surface area contributed by atoms with Gasteiger partial charge >= 0.3 is 5.97 Å². The van der Waals surface area contributed by atoms with Crippen molar-refractivity contribution in [3.8, 4) is 11.8 Å². The fourth-order valence-corrected chi connectivity index (χ4v) is 1.79. The Kier molecular flexibility index (Phi) is 8.19. The second-order valence-electron chi connectivity index (χ2n) is 5.30. The van der Waals surface area contributed by atoms with E-state index in [9.17, 15) is 14.4 Å². The lowest BCUT2D eigenvalue weighted by Crippen LogP contribution is -2.33. The molecule has 1 saturated heterocycles. The maximum atomic E-state index is 11.5. The van der Waals surface area contributed by atoms with E-state index in [4.69, 9.17) is 9.57 Å². The lowest BCUT2D eigenvalue weighted by molar-refractivity contribution is -0.200. The molecule has 8 nitrogen and oxygen atoms in total. The van der Waals surface area contributed by atoms with E-state index in [1.165, 1.54) is 0 Å². The third-order valence-corrected chi connectivity index (χ3v) is 3.32. The number of carbonyl (C=O) groups is 3. The van der Waals surface area contributed by atoms with E-state index in [2.05, 4.69) is 21.8 Å². The largest absolute Gasteiger partial charge is 0.475 e. The van der Waals surface area contributed by atoms with E-state index < -0.39 is 24.4 Å². The normalized spacial score (nSPS) is 16.2. The molecule has 0 aromatic rings. The van der Waals surface area contributed by atoms with Gasteiger partial charge in [-0.25, -0.2) is 4.79 Å². The van der Waals surface area contributed by atoms with Gasteiger partial charge in [-0.2, -0.15) is 0 Å². The summed E-state index contributed by atoms with van der Waals surface area (Å²) in [7, 11) is 0. The summed E-state index contributed by atoms with van der Waals surface area (Å²) < 4.78 is 5.32. The first-order chi connectivity index (χ1) is 11.8. The van der Waals surface area contributed by atoms with Gasteiger partial charge in [-0.15, -0.1) is 11.0 Å². The molecule has 0 saturated carbocycles. The van der Waals surface area contributed by atoms with E-state index in [-0.39, 0.29) is 24.7 Å². The number of ether oxygens (including phenoxy) is 1. The second kappa shape index (κ2) is 10.1. The van der Waals surface area contributed by atoms with Crippen LogP contribution in [-0.4, -0.2) is 42.0 Å². The molecule has 1 aliphatic heterocycles. The van der Waals surface area contributed by atoms with E-state index >= 15 is 0 Å². The van der Waals surface area contributed by atoms with Crippen molar-refractivity contribution >= 4 is 23.7 Å². The zero-order valence-electron chi connectivity index (χ0n) is 14.8. The highest BCUT2D eigenvalue weighted by atomic mass is 16.7. The Labute approximate surface area is 146 Å². The van der Waals surface area contributed by atoms with Crippen LogP contribution in [0, 0.1) is 17.8 Å². The van der Waals surface area contributed by atoms with Crippen molar-refractivity contribution in [1.29, 1.82) is 0 Å². The highest BCUT2D eigenvalue weighted by Gasteiger charge is 2.32. The maximum absolute atomic E-state index is 11.5.